The standard InChI is InChI=1S/C21H20N2O4/c24-21(25)13-7-8-16-15(10-13)18-11-5-6-12(9-11)19(18)20(22-16)14-3-1-2-4-17(14)23(26)27/h1-4,7-8,10-12,18-20,22H,5-6,9H2,(H,24,25)/t11-,12-,18-,19+,20-/m0/s1. The number of nitrogens with one attached hydrogen (secondary N) is 1. The van der Waals surface area contributed by atoms with Crippen LogP contribution >= 0.6 is 0 Å². The first-order valence-electron chi connectivity index (χ1n) is 9.41. The van der Waals surface area contributed by atoms with Gasteiger partial charge in [-0.25, -0.2) is 4.79 Å². The summed E-state index contributed by atoms with van der Waals surface area (Å²) in [4.78, 5) is 22.7. The summed E-state index contributed by atoms with van der Waals surface area (Å²) >= 11 is 0. The molecule has 2 saturated carbocycles. The van der Waals surface area contributed by atoms with Crippen molar-refractivity contribution in [1.82, 2.24) is 0 Å². The van der Waals surface area contributed by atoms with Gasteiger partial charge in [0.15, 0.2) is 0 Å². The van der Waals surface area contributed by atoms with E-state index in [4.69, 9.17) is 0 Å². The molecular weight excluding hydrogens is 344 g/mol. The highest BCUT2D eigenvalue weighted by atomic mass is 16.6. The summed E-state index contributed by atoms with van der Waals surface area (Å²) in [5.41, 5.74) is 3.18. The van der Waals surface area contributed by atoms with Gasteiger partial charge in [0, 0.05) is 11.8 Å². The smallest absolute Gasteiger partial charge is 0.335 e. The molecule has 2 bridgehead atoms. The number of nitrogens with zero attached hydrogens (tertiary/aromatic N) is 1. The molecule has 2 aromatic carbocycles. The first-order valence-corrected chi connectivity index (χ1v) is 9.41. The Balaban J connectivity index is 1.66. The molecule has 2 aliphatic carbocycles. The van der Waals surface area contributed by atoms with E-state index >= 15 is 0 Å². The minimum atomic E-state index is -0.918. The average molecular weight is 364 g/mol. The monoisotopic (exact) mass is 364 g/mol. The molecular formula is C21H20N2O4. The second-order valence-corrected chi connectivity index (χ2v) is 7.98. The van der Waals surface area contributed by atoms with E-state index in [0.717, 1.165) is 36.1 Å². The summed E-state index contributed by atoms with van der Waals surface area (Å²) in [5.74, 6) is 0.679. The second kappa shape index (κ2) is 5.81. The van der Waals surface area contributed by atoms with Gasteiger partial charge in [0.05, 0.1) is 22.1 Å². The minimum Gasteiger partial charge on any atom is -0.478 e. The fourth-order valence-electron chi connectivity index (χ4n) is 5.85. The van der Waals surface area contributed by atoms with Crippen LogP contribution in [0.25, 0.3) is 0 Å². The molecule has 0 spiro atoms. The van der Waals surface area contributed by atoms with Crippen molar-refractivity contribution in [3.63, 3.8) is 0 Å². The summed E-state index contributed by atoms with van der Waals surface area (Å²) in [6, 6.07) is 12.1. The Labute approximate surface area is 156 Å². The molecule has 2 fully saturated rings. The molecule has 5 rings (SSSR count). The predicted octanol–water partition coefficient (Wildman–Crippen LogP) is 4.59. The van der Waals surface area contributed by atoms with Crippen molar-refractivity contribution in [1.29, 1.82) is 0 Å². The van der Waals surface area contributed by atoms with Crippen LogP contribution in [0.15, 0.2) is 42.5 Å². The molecule has 1 heterocycles. The number of fused-ring (bicyclic) bond motifs is 7. The Kier molecular flexibility index (Phi) is 3.50. The first-order chi connectivity index (χ1) is 13.0. The van der Waals surface area contributed by atoms with Gasteiger partial charge in [-0.05, 0) is 66.7 Å². The van der Waals surface area contributed by atoms with Crippen LogP contribution in [0.4, 0.5) is 11.4 Å². The van der Waals surface area contributed by atoms with Crippen molar-refractivity contribution in [2.45, 2.75) is 31.2 Å². The lowest BCUT2D eigenvalue weighted by Gasteiger charge is -2.43. The number of benzene rings is 2. The lowest BCUT2D eigenvalue weighted by atomic mass is 9.67. The van der Waals surface area contributed by atoms with Crippen molar-refractivity contribution in [2.24, 2.45) is 17.8 Å². The van der Waals surface area contributed by atoms with Crippen molar-refractivity contribution in [3.05, 3.63) is 69.3 Å². The van der Waals surface area contributed by atoms with E-state index < -0.39 is 5.97 Å². The van der Waals surface area contributed by atoms with Gasteiger partial charge >= 0.3 is 5.97 Å². The molecule has 0 aromatic heterocycles. The van der Waals surface area contributed by atoms with Gasteiger partial charge in [-0.1, -0.05) is 18.2 Å². The molecule has 2 N–H and O–H groups in total. The highest BCUT2D eigenvalue weighted by Gasteiger charge is 2.54. The molecule has 0 radical (unpaired) electrons. The van der Waals surface area contributed by atoms with E-state index in [-0.39, 0.29) is 28.5 Å². The molecule has 1 aliphatic heterocycles. The zero-order valence-corrected chi connectivity index (χ0v) is 14.7. The number of nitro groups is 1. The highest BCUT2D eigenvalue weighted by molar-refractivity contribution is 5.89. The Morgan fingerprint density at radius 3 is 2.67 bits per heavy atom. The number of aromatic carboxylic acids is 1. The van der Waals surface area contributed by atoms with Crippen LogP contribution < -0.4 is 5.32 Å². The SMILES string of the molecule is O=C(O)c1ccc2c(c1)[C@@H]1[C@H]3CC[C@@H](C3)[C@H]1[C@H](c1ccccc1[N+](=O)[O-])N2. The van der Waals surface area contributed by atoms with E-state index in [0.29, 0.717) is 17.4 Å². The zero-order chi connectivity index (χ0) is 18.7. The van der Waals surface area contributed by atoms with Gasteiger partial charge in [0.1, 0.15) is 0 Å². The third-order valence-corrected chi connectivity index (χ3v) is 6.80. The largest absolute Gasteiger partial charge is 0.478 e. The van der Waals surface area contributed by atoms with E-state index in [1.807, 2.05) is 18.2 Å². The van der Waals surface area contributed by atoms with Crippen LogP contribution in [0.5, 0.6) is 0 Å². The Hall–Kier alpha value is -2.89. The Bertz CT molecular complexity index is 957. The number of carboxylic acid groups (broad SMARTS) is 1. The fourth-order valence-corrected chi connectivity index (χ4v) is 5.85. The topological polar surface area (TPSA) is 92.5 Å². The maximum atomic E-state index is 11.6. The summed E-state index contributed by atoms with van der Waals surface area (Å²) in [6.07, 6.45) is 3.44. The Morgan fingerprint density at radius 1 is 1.11 bits per heavy atom. The van der Waals surface area contributed by atoms with E-state index in [1.165, 1.54) is 0 Å². The molecule has 138 valence electrons. The molecule has 5 atom stereocenters. The van der Waals surface area contributed by atoms with Gasteiger partial charge in [0.2, 0.25) is 0 Å². The first kappa shape index (κ1) is 16.3. The van der Waals surface area contributed by atoms with Gasteiger partial charge in [-0.2, -0.15) is 0 Å². The van der Waals surface area contributed by atoms with Crippen LogP contribution in [-0.2, 0) is 0 Å². The number of carbonyl (C=O) groups is 1. The summed E-state index contributed by atoms with van der Waals surface area (Å²) in [6.45, 7) is 0. The minimum absolute atomic E-state index is 0.116. The average Bonchev–Trinajstić information content (AvgIpc) is 3.29. The maximum Gasteiger partial charge on any atom is 0.335 e. The molecule has 0 saturated heterocycles. The second-order valence-electron chi connectivity index (χ2n) is 7.98. The summed E-state index contributed by atoms with van der Waals surface area (Å²) in [7, 11) is 0. The molecule has 2 aromatic rings. The molecule has 0 amide bonds. The third kappa shape index (κ3) is 2.36. The third-order valence-electron chi connectivity index (χ3n) is 6.80. The fraction of sp³-hybridized carbons (Fsp3) is 0.381. The van der Waals surface area contributed by atoms with Crippen LogP contribution in [0.3, 0.4) is 0 Å². The van der Waals surface area contributed by atoms with Crippen LogP contribution in [-0.4, -0.2) is 16.0 Å². The molecule has 3 aliphatic rings. The van der Waals surface area contributed by atoms with Crippen molar-refractivity contribution in [2.75, 3.05) is 5.32 Å². The Morgan fingerprint density at radius 2 is 1.89 bits per heavy atom. The number of nitro benzene ring substituents is 1. The van der Waals surface area contributed by atoms with E-state index in [1.54, 1.807) is 24.3 Å². The maximum absolute atomic E-state index is 11.6. The zero-order valence-electron chi connectivity index (χ0n) is 14.7. The molecule has 6 nitrogen and oxygen atoms in total. The number of carboxylic acids is 1. The quantitative estimate of drug-likeness (QED) is 0.614. The predicted molar refractivity (Wildman–Crippen MR) is 99.9 cm³/mol. The van der Waals surface area contributed by atoms with Gasteiger partial charge in [-0.3, -0.25) is 10.1 Å². The number of para-hydroxylation sites is 1. The van der Waals surface area contributed by atoms with Gasteiger partial charge < -0.3 is 10.4 Å². The normalized spacial score (nSPS) is 30.3. The highest BCUT2D eigenvalue weighted by Crippen LogP contribution is 2.64. The van der Waals surface area contributed by atoms with Crippen molar-refractivity contribution >= 4 is 17.3 Å². The number of hydrogen-bond acceptors (Lipinski definition) is 4. The molecule has 0 unspecified atom stereocenters. The van der Waals surface area contributed by atoms with Crippen molar-refractivity contribution in [3.8, 4) is 0 Å². The lowest BCUT2D eigenvalue weighted by molar-refractivity contribution is -0.385. The summed E-state index contributed by atoms with van der Waals surface area (Å²) in [5, 5.41) is 24.5. The van der Waals surface area contributed by atoms with E-state index in [2.05, 4.69) is 5.32 Å². The van der Waals surface area contributed by atoms with E-state index in [9.17, 15) is 20.0 Å². The lowest BCUT2D eigenvalue weighted by Crippen LogP contribution is -2.36. The molecule has 27 heavy (non-hydrogen) atoms. The van der Waals surface area contributed by atoms with Crippen LogP contribution in [0.2, 0.25) is 0 Å². The van der Waals surface area contributed by atoms with Gasteiger partial charge in [-0.15, -0.1) is 0 Å². The summed E-state index contributed by atoms with van der Waals surface area (Å²) < 4.78 is 0. The van der Waals surface area contributed by atoms with Crippen LogP contribution in [0.1, 0.15) is 52.7 Å². The number of anilines is 1. The van der Waals surface area contributed by atoms with Gasteiger partial charge in [0.25, 0.3) is 5.69 Å². The number of rotatable bonds is 3. The number of hydrogen-bond donors (Lipinski definition) is 2. The molecule has 6 heteroatoms. The van der Waals surface area contributed by atoms with Crippen LogP contribution in [0, 0.1) is 27.9 Å². The van der Waals surface area contributed by atoms with Crippen molar-refractivity contribution < 1.29 is 14.8 Å².